The normalized spacial score (nSPS) is 10.1. The quantitative estimate of drug-likeness (QED) is 0.725. The van der Waals surface area contributed by atoms with Gasteiger partial charge in [0.15, 0.2) is 0 Å². The van der Waals surface area contributed by atoms with Gasteiger partial charge in [-0.25, -0.2) is 4.98 Å². The van der Waals surface area contributed by atoms with Crippen molar-refractivity contribution in [2.75, 3.05) is 0 Å². The first-order valence-corrected chi connectivity index (χ1v) is 5.10. The highest BCUT2D eigenvalue weighted by atomic mass is 79.9. The SMILES string of the molecule is Cc1ccc(-c2cccc(Br)n2)cn1. The van der Waals surface area contributed by atoms with Crippen molar-refractivity contribution in [3.05, 3.63) is 46.8 Å². The predicted molar refractivity (Wildman–Crippen MR) is 59.9 cm³/mol. The van der Waals surface area contributed by atoms with Gasteiger partial charge in [-0.15, -0.1) is 0 Å². The Labute approximate surface area is 91.2 Å². The number of pyridine rings is 2. The van der Waals surface area contributed by atoms with E-state index in [-0.39, 0.29) is 0 Å². The van der Waals surface area contributed by atoms with Gasteiger partial charge in [0.2, 0.25) is 0 Å². The van der Waals surface area contributed by atoms with Crippen LogP contribution in [-0.2, 0) is 0 Å². The lowest BCUT2D eigenvalue weighted by Gasteiger charge is -2.00. The lowest BCUT2D eigenvalue weighted by molar-refractivity contribution is 1.19. The van der Waals surface area contributed by atoms with Gasteiger partial charge < -0.3 is 0 Å². The molecule has 2 heterocycles. The van der Waals surface area contributed by atoms with Gasteiger partial charge in [-0.05, 0) is 47.1 Å². The lowest BCUT2D eigenvalue weighted by Crippen LogP contribution is -1.86. The maximum absolute atomic E-state index is 4.35. The molecule has 0 saturated heterocycles. The maximum atomic E-state index is 4.35. The van der Waals surface area contributed by atoms with Crippen LogP contribution in [0.15, 0.2) is 41.1 Å². The van der Waals surface area contributed by atoms with Gasteiger partial charge in [-0.2, -0.15) is 0 Å². The van der Waals surface area contributed by atoms with Gasteiger partial charge in [0.1, 0.15) is 4.60 Å². The minimum atomic E-state index is 0.843. The molecule has 0 aliphatic carbocycles. The second kappa shape index (κ2) is 3.88. The van der Waals surface area contributed by atoms with Crippen LogP contribution in [-0.4, -0.2) is 9.97 Å². The van der Waals surface area contributed by atoms with Crippen molar-refractivity contribution < 1.29 is 0 Å². The zero-order chi connectivity index (χ0) is 9.97. The van der Waals surface area contributed by atoms with Crippen LogP contribution in [0.2, 0.25) is 0 Å². The number of aryl methyl sites for hydroxylation is 1. The molecule has 70 valence electrons. The summed E-state index contributed by atoms with van der Waals surface area (Å²) in [4.78, 5) is 8.58. The first kappa shape index (κ1) is 9.34. The van der Waals surface area contributed by atoms with E-state index in [9.17, 15) is 0 Å². The largest absolute Gasteiger partial charge is 0.261 e. The predicted octanol–water partition coefficient (Wildman–Crippen LogP) is 3.21. The van der Waals surface area contributed by atoms with E-state index in [1.54, 1.807) is 0 Å². The Kier molecular flexibility index (Phi) is 2.59. The number of nitrogens with zero attached hydrogens (tertiary/aromatic N) is 2. The van der Waals surface area contributed by atoms with Crippen molar-refractivity contribution >= 4 is 15.9 Å². The first-order chi connectivity index (χ1) is 6.75. The van der Waals surface area contributed by atoms with Gasteiger partial charge in [0.05, 0.1) is 5.69 Å². The monoisotopic (exact) mass is 248 g/mol. The first-order valence-electron chi connectivity index (χ1n) is 4.31. The minimum Gasteiger partial charge on any atom is -0.261 e. The second-order valence-corrected chi connectivity index (χ2v) is 3.85. The van der Waals surface area contributed by atoms with E-state index >= 15 is 0 Å². The van der Waals surface area contributed by atoms with Crippen LogP contribution >= 0.6 is 15.9 Å². The summed E-state index contributed by atoms with van der Waals surface area (Å²) in [5.74, 6) is 0. The summed E-state index contributed by atoms with van der Waals surface area (Å²) >= 11 is 3.34. The molecule has 0 aliphatic heterocycles. The number of hydrogen-bond donors (Lipinski definition) is 0. The molecule has 0 spiro atoms. The molecule has 0 bridgehead atoms. The lowest BCUT2D eigenvalue weighted by atomic mass is 10.2. The van der Waals surface area contributed by atoms with E-state index in [2.05, 4.69) is 25.9 Å². The van der Waals surface area contributed by atoms with Crippen molar-refractivity contribution in [2.45, 2.75) is 6.92 Å². The van der Waals surface area contributed by atoms with Crippen LogP contribution in [0.3, 0.4) is 0 Å². The molecule has 0 amide bonds. The third kappa shape index (κ3) is 1.99. The van der Waals surface area contributed by atoms with E-state index in [0.29, 0.717) is 0 Å². The van der Waals surface area contributed by atoms with Gasteiger partial charge in [0, 0.05) is 17.5 Å². The fourth-order valence-electron chi connectivity index (χ4n) is 1.19. The third-order valence-electron chi connectivity index (χ3n) is 1.92. The Hall–Kier alpha value is -1.22. The summed E-state index contributed by atoms with van der Waals surface area (Å²) in [5, 5.41) is 0. The van der Waals surface area contributed by atoms with Crippen LogP contribution < -0.4 is 0 Å². The molecule has 0 aliphatic rings. The molecule has 0 fully saturated rings. The van der Waals surface area contributed by atoms with Crippen LogP contribution in [0, 0.1) is 6.92 Å². The van der Waals surface area contributed by atoms with Crippen molar-refractivity contribution in [3.8, 4) is 11.3 Å². The number of halogens is 1. The molecule has 0 aromatic carbocycles. The van der Waals surface area contributed by atoms with Crippen molar-refractivity contribution in [2.24, 2.45) is 0 Å². The molecule has 3 heteroatoms. The third-order valence-corrected chi connectivity index (χ3v) is 2.36. The van der Waals surface area contributed by atoms with E-state index in [4.69, 9.17) is 0 Å². The van der Waals surface area contributed by atoms with Crippen LogP contribution in [0.1, 0.15) is 5.69 Å². The maximum Gasteiger partial charge on any atom is 0.106 e. The summed E-state index contributed by atoms with van der Waals surface area (Å²) in [6, 6.07) is 9.85. The molecule has 2 rings (SSSR count). The summed E-state index contributed by atoms with van der Waals surface area (Å²) in [7, 11) is 0. The fraction of sp³-hybridized carbons (Fsp3) is 0.0909. The smallest absolute Gasteiger partial charge is 0.106 e. The van der Waals surface area contributed by atoms with Crippen molar-refractivity contribution in [1.82, 2.24) is 9.97 Å². The Bertz CT molecular complexity index is 437. The molecule has 2 aromatic rings. The number of hydrogen-bond acceptors (Lipinski definition) is 2. The molecular weight excluding hydrogens is 240 g/mol. The molecule has 0 atom stereocenters. The summed E-state index contributed by atoms with van der Waals surface area (Å²) in [5.41, 5.74) is 2.99. The average Bonchev–Trinajstić information content (AvgIpc) is 2.19. The fourth-order valence-corrected chi connectivity index (χ4v) is 1.53. The van der Waals surface area contributed by atoms with Gasteiger partial charge >= 0.3 is 0 Å². The summed E-state index contributed by atoms with van der Waals surface area (Å²) in [6.45, 7) is 1.97. The molecule has 14 heavy (non-hydrogen) atoms. The zero-order valence-corrected chi connectivity index (χ0v) is 9.32. The molecular formula is C11H9BrN2. The molecule has 0 radical (unpaired) electrons. The second-order valence-electron chi connectivity index (χ2n) is 3.03. The highest BCUT2D eigenvalue weighted by molar-refractivity contribution is 9.10. The molecule has 2 aromatic heterocycles. The van der Waals surface area contributed by atoms with Crippen molar-refractivity contribution in [1.29, 1.82) is 0 Å². The standard InChI is InChI=1S/C11H9BrN2/c1-8-5-6-9(7-13-8)10-3-2-4-11(12)14-10/h2-7H,1H3. The Balaban J connectivity index is 2.44. The van der Waals surface area contributed by atoms with E-state index in [1.807, 2.05) is 43.5 Å². The average molecular weight is 249 g/mol. The van der Waals surface area contributed by atoms with Gasteiger partial charge in [-0.3, -0.25) is 4.98 Å². The van der Waals surface area contributed by atoms with Crippen molar-refractivity contribution in [3.63, 3.8) is 0 Å². The van der Waals surface area contributed by atoms with E-state index in [1.165, 1.54) is 0 Å². The van der Waals surface area contributed by atoms with Gasteiger partial charge in [-0.1, -0.05) is 6.07 Å². The number of aromatic nitrogens is 2. The molecule has 0 saturated carbocycles. The van der Waals surface area contributed by atoms with Gasteiger partial charge in [0.25, 0.3) is 0 Å². The molecule has 0 N–H and O–H groups in total. The van der Waals surface area contributed by atoms with E-state index < -0.39 is 0 Å². The molecule has 2 nitrogen and oxygen atoms in total. The highest BCUT2D eigenvalue weighted by Gasteiger charge is 1.99. The Morgan fingerprint density at radius 3 is 2.64 bits per heavy atom. The van der Waals surface area contributed by atoms with Crippen LogP contribution in [0.4, 0.5) is 0 Å². The Morgan fingerprint density at radius 2 is 2.00 bits per heavy atom. The van der Waals surface area contributed by atoms with Crippen LogP contribution in [0.5, 0.6) is 0 Å². The topological polar surface area (TPSA) is 25.8 Å². The highest BCUT2D eigenvalue weighted by Crippen LogP contribution is 2.18. The zero-order valence-electron chi connectivity index (χ0n) is 7.74. The minimum absolute atomic E-state index is 0.843. The summed E-state index contributed by atoms with van der Waals surface area (Å²) in [6.07, 6.45) is 1.84. The van der Waals surface area contributed by atoms with Crippen LogP contribution in [0.25, 0.3) is 11.3 Å². The molecule has 0 unspecified atom stereocenters. The van der Waals surface area contributed by atoms with E-state index in [0.717, 1.165) is 21.6 Å². The number of rotatable bonds is 1. The summed E-state index contributed by atoms with van der Waals surface area (Å²) < 4.78 is 0.843. The Morgan fingerprint density at radius 1 is 1.14 bits per heavy atom.